The molecule has 2 amide bonds. The number of carbonyl (C=O) groups excluding carboxylic acids is 2. The smallest absolute Gasteiger partial charge is 0.224 e. The van der Waals surface area contributed by atoms with E-state index < -0.39 is 0 Å². The van der Waals surface area contributed by atoms with E-state index in [4.69, 9.17) is 0 Å². The number of hydrogen-bond acceptors (Lipinski definition) is 3. The quantitative estimate of drug-likeness (QED) is 0.715. The third-order valence-electron chi connectivity index (χ3n) is 3.81. The van der Waals surface area contributed by atoms with Gasteiger partial charge in [-0.3, -0.25) is 9.59 Å². The second kappa shape index (κ2) is 9.53. The van der Waals surface area contributed by atoms with Gasteiger partial charge in [0.2, 0.25) is 11.8 Å². The van der Waals surface area contributed by atoms with Crippen molar-refractivity contribution in [1.82, 2.24) is 10.2 Å². The third kappa shape index (κ3) is 6.59. The first-order valence-corrected chi connectivity index (χ1v) is 7.90. The average Bonchev–Trinajstić information content (AvgIpc) is 3.31. The Hall–Kier alpha value is -1.59. The first-order chi connectivity index (χ1) is 10.6. The fourth-order valence-electron chi connectivity index (χ4n) is 2.42. The summed E-state index contributed by atoms with van der Waals surface area (Å²) < 4.78 is 0. The van der Waals surface area contributed by atoms with Crippen molar-refractivity contribution in [2.75, 3.05) is 18.9 Å². The highest BCUT2D eigenvalue weighted by atomic mass is 35.5. The summed E-state index contributed by atoms with van der Waals surface area (Å²) >= 11 is 0. The maximum atomic E-state index is 11.7. The largest absolute Gasteiger partial charge is 0.336 e. The van der Waals surface area contributed by atoms with E-state index in [1.165, 1.54) is 0 Å². The Morgan fingerprint density at radius 3 is 2.39 bits per heavy atom. The number of carbonyl (C=O) groups is 2. The van der Waals surface area contributed by atoms with Crippen molar-refractivity contribution < 1.29 is 9.59 Å². The first-order valence-electron chi connectivity index (χ1n) is 7.90. The van der Waals surface area contributed by atoms with E-state index in [1.807, 2.05) is 36.2 Å². The molecule has 0 heterocycles. The van der Waals surface area contributed by atoms with Crippen molar-refractivity contribution in [3.05, 3.63) is 29.8 Å². The molecule has 0 radical (unpaired) electrons. The van der Waals surface area contributed by atoms with Crippen molar-refractivity contribution in [1.29, 1.82) is 0 Å². The summed E-state index contributed by atoms with van der Waals surface area (Å²) in [6, 6.07) is 8.17. The molecule has 0 saturated heterocycles. The molecule has 0 spiro atoms. The average molecular weight is 340 g/mol. The minimum atomic E-state index is 0. The van der Waals surface area contributed by atoms with Gasteiger partial charge in [0.05, 0.1) is 0 Å². The molecule has 1 aromatic carbocycles. The Balaban J connectivity index is 0.00000264. The molecule has 1 aliphatic rings. The summed E-state index contributed by atoms with van der Waals surface area (Å²) in [5, 5.41) is 5.92. The molecule has 2 N–H and O–H groups in total. The molecule has 1 fully saturated rings. The maximum Gasteiger partial charge on any atom is 0.224 e. The summed E-state index contributed by atoms with van der Waals surface area (Å²) in [6.07, 6.45) is 3.57. The Labute approximate surface area is 144 Å². The minimum absolute atomic E-state index is 0. The van der Waals surface area contributed by atoms with Gasteiger partial charge in [-0.05, 0) is 50.6 Å². The predicted octanol–water partition coefficient (Wildman–Crippen LogP) is 2.56. The fourth-order valence-corrected chi connectivity index (χ4v) is 2.42. The summed E-state index contributed by atoms with van der Waals surface area (Å²) in [7, 11) is 1.88. The van der Waals surface area contributed by atoms with Crippen molar-refractivity contribution in [2.24, 2.45) is 0 Å². The van der Waals surface area contributed by atoms with Gasteiger partial charge in [0.15, 0.2) is 0 Å². The lowest BCUT2D eigenvalue weighted by molar-refractivity contribution is -0.130. The van der Waals surface area contributed by atoms with Gasteiger partial charge in [-0.1, -0.05) is 12.1 Å². The molecule has 5 nitrogen and oxygen atoms in total. The van der Waals surface area contributed by atoms with Gasteiger partial charge in [-0.25, -0.2) is 0 Å². The monoisotopic (exact) mass is 339 g/mol. The van der Waals surface area contributed by atoms with Crippen LogP contribution in [-0.4, -0.2) is 36.3 Å². The van der Waals surface area contributed by atoms with Crippen LogP contribution in [0.2, 0.25) is 0 Å². The zero-order valence-electron chi connectivity index (χ0n) is 13.8. The molecule has 2 rings (SSSR count). The SMILES string of the molecule is CNCCCC(=O)Nc1ccc(CN(C(C)=O)C2CC2)cc1.Cl. The molecule has 0 aliphatic heterocycles. The number of amides is 2. The molecule has 0 unspecified atom stereocenters. The molecule has 1 aromatic rings. The lowest BCUT2D eigenvalue weighted by atomic mass is 10.2. The van der Waals surface area contributed by atoms with E-state index in [-0.39, 0.29) is 24.2 Å². The Bertz CT molecular complexity index is 515. The number of nitrogens with zero attached hydrogens (tertiary/aromatic N) is 1. The Morgan fingerprint density at radius 1 is 1.22 bits per heavy atom. The van der Waals surface area contributed by atoms with E-state index in [2.05, 4.69) is 10.6 Å². The Morgan fingerprint density at radius 2 is 1.87 bits per heavy atom. The van der Waals surface area contributed by atoms with Gasteiger partial charge < -0.3 is 15.5 Å². The highest BCUT2D eigenvalue weighted by molar-refractivity contribution is 5.90. The van der Waals surface area contributed by atoms with Crippen LogP contribution in [0.4, 0.5) is 5.69 Å². The summed E-state index contributed by atoms with van der Waals surface area (Å²) in [6.45, 7) is 3.11. The molecule has 0 aromatic heterocycles. The Kier molecular flexibility index (Phi) is 8.06. The van der Waals surface area contributed by atoms with Crippen molar-refractivity contribution in [3.8, 4) is 0 Å². The summed E-state index contributed by atoms with van der Waals surface area (Å²) in [5.74, 6) is 0.163. The number of rotatable bonds is 8. The van der Waals surface area contributed by atoms with E-state index in [1.54, 1.807) is 6.92 Å². The van der Waals surface area contributed by atoms with Gasteiger partial charge in [-0.15, -0.1) is 12.4 Å². The zero-order chi connectivity index (χ0) is 15.9. The zero-order valence-corrected chi connectivity index (χ0v) is 14.6. The van der Waals surface area contributed by atoms with Gasteiger partial charge in [0.25, 0.3) is 0 Å². The highest BCUT2D eigenvalue weighted by Gasteiger charge is 2.30. The topological polar surface area (TPSA) is 61.4 Å². The van der Waals surface area contributed by atoms with Crippen LogP contribution < -0.4 is 10.6 Å². The highest BCUT2D eigenvalue weighted by Crippen LogP contribution is 2.28. The first kappa shape index (κ1) is 19.5. The number of nitrogens with one attached hydrogen (secondary N) is 2. The van der Waals surface area contributed by atoms with Crippen LogP contribution in [-0.2, 0) is 16.1 Å². The van der Waals surface area contributed by atoms with E-state index in [0.717, 1.165) is 37.1 Å². The maximum absolute atomic E-state index is 11.7. The van der Waals surface area contributed by atoms with Crippen molar-refractivity contribution in [3.63, 3.8) is 0 Å². The predicted molar refractivity (Wildman–Crippen MR) is 94.7 cm³/mol. The lowest BCUT2D eigenvalue weighted by Crippen LogP contribution is -2.30. The number of benzene rings is 1. The van der Waals surface area contributed by atoms with E-state index in [9.17, 15) is 9.59 Å². The number of halogens is 1. The lowest BCUT2D eigenvalue weighted by Gasteiger charge is -2.20. The molecular weight excluding hydrogens is 314 g/mol. The van der Waals surface area contributed by atoms with Crippen LogP contribution in [0, 0.1) is 0 Å². The van der Waals surface area contributed by atoms with Crippen LogP contribution in [0.5, 0.6) is 0 Å². The summed E-state index contributed by atoms with van der Waals surface area (Å²) in [5.41, 5.74) is 1.90. The van der Waals surface area contributed by atoms with Crippen LogP contribution in [0.3, 0.4) is 0 Å². The molecule has 128 valence electrons. The molecule has 23 heavy (non-hydrogen) atoms. The van der Waals surface area contributed by atoms with Crippen LogP contribution in [0.15, 0.2) is 24.3 Å². The molecule has 1 aliphatic carbocycles. The van der Waals surface area contributed by atoms with Crippen LogP contribution >= 0.6 is 12.4 Å². The number of anilines is 1. The second-order valence-electron chi connectivity index (χ2n) is 5.83. The molecule has 0 bridgehead atoms. The molecule has 1 saturated carbocycles. The van der Waals surface area contributed by atoms with Crippen molar-refractivity contribution in [2.45, 2.75) is 45.2 Å². The molecular formula is C17H26ClN3O2. The third-order valence-corrected chi connectivity index (χ3v) is 3.81. The van der Waals surface area contributed by atoms with Gasteiger partial charge in [0, 0.05) is 31.6 Å². The molecule has 0 atom stereocenters. The standard InChI is InChI=1S/C17H25N3O2.ClH/c1-13(21)20(16-9-10-16)12-14-5-7-15(8-6-14)19-17(22)4-3-11-18-2;/h5-8,16,18H,3-4,9-12H2,1-2H3,(H,19,22);1H. The van der Waals surface area contributed by atoms with E-state index >= 15 is 0 Å². The van der Waals surface area contributed by atoms with Crippen LogP contribution in [0.1, 0.15) is 38.2 Å². The van der Waals surface area contributed by atoms with Crippen molar-refractivity contribution >= 4 is 29.9 Å². The van der Waals surface area contributed by atoms with E-state index in [0.29, 0.717) is 19.0 Å². The molecule has 6 heteroatoms. The fraction of sp³-hybridized carbons (Fsp3) is 0.529. The second-order valence-corrected chi connectivity index (χ2v) is 5.83. The summed E-state index contributed by atoms with van der Waals surface area (Å²) in [4.78, 5) is 25.3. The van der Waals surface area contributed by atoms with Gasteiger partial charge >= 0.3 is 0 Å². The van der Waals surface area contributed by atoms with Gasteiger partial charge in [0.1, 0.15) is 0 Å². The number of hydrogen-bond donors (Lipinski definition) is 2. The normalized spacial score (nSPS) is 13.1. The van der Waals surface area contributed by atoms with Gasteiger partial charge in [-0.2, -0.15) is 0 Å². The van der Waals surface area contributed by atoms with Crippen LogP contribution in [0.25, 0.3) is 0 Å². The minimum Gasteiger partial charge on any atom is -0.336 e.